The number of benzene rings is 1. The van der Waals surface area contributed by atoms with Crippen LogP contribution in [0, 0.1) is 6.92 Å². The number of hydrogen-bond acceptors (Lipinski definition) is 3. The lowest BCUT2D eigenvalue weighted by atomic mass is 10.1. The molecule has 78 valence electrons. The average molecular weight is 268 g/mol. The molecule has 4 heteroatoms. The van der Waals surface area contributed by atoms with Gasteiger partial charge in [0.15, 0.2) is 5.76 Å². The molecule has 1 aromatic heterocycles. The van der Waals surface area contributed by atoms with Gasteiger partial charge in [-0.15, -0.1) is 0 Å². The molecule has 0 saturated heterocycles. The van der Waals surface area contributed by atoms with Gasteiger partial charge in [0.2, 0.25) is 0 Å². The number of nitrogens with zero attached hydrogens (tertiary/aromatic N) is 1. The molecule has 0 fully saturated rings. The molecule has 0 aliphatic rings. The van der Waals surface area contributed by atoms with E-state index in [1.807, 2.05) is 31.2 Å². The fraction of sp³-hybridized carbons (Fsp3) is 0.182. The Balaban J connectivity index is 2.49. The number of aromatic nitrogens is 1. The second-order valence-corrected chi connectivity index (χ2v) is 3.79. The fourth-order valence-electron chi connectivity index (χ4n) is 1.40. The van der Waals surface area contributed by atoms with Gasteiger partial charge in [-0.05, 0) is 19.1 Å². The number of aryl methyl sites for hydroxylation is 1. The second kappa shape index (κ2) is 4.06. The van der Waals surface area contributed by atoms with Crippen molar-refractivity contribution in [1.82, 2.24) is 4.98 Å². The third kappa shape index (κ3) is 2.04. The predicted octanol–water partition coefficient (Wildman–Crippen LogP) is 3.42. The summed E-state index contributed by atoms with van der Waals surface area (Å²) in [5, 5.41) is 0. The van der Waals surface area contributed by atoms with Crippen LogP contribution < -0.4 is 4.74 Å². The normalized spacial score (nSPS) is 10.3. The first kappa shape index (κ1) is 10.2. The van der Waals surface area contributed by atoms with Crippen molar-refractivity contribution < 1.29 is 9.15 Å². The second-order valence-electron chi connectivity index (χ2n) is 3.11. The van der Waals surface area contributed by atoms with Crippen LogP contribution in [0.3, 0.4) is 0 Å². The third-order valence-electron chi connectivity index (χ3n) is 2.10. The molecule has 0 amide bonds. The van der Waals surface area contributed by atoms with Crippen LogP contribution in [0.25, 0.3) is 11.3 Å². The van der Waals surface area contributed by atoms with E-state index in [0.29, 0.717) is 4.80 Å². The predicted molar refractivity (Wildman–Crippen MR) is 60.9 cm³/mol. The maximum Gasteiger partial charge on any atom is 0.264 e. The molecular weight excluding hydrogens is 258 g/mol. The van der Waals surface area contributed by atoms with E-state index in [0.717, 1.165) is 22.8 Å². The number of methoxy groups -OCH3 is 1. The van der Waals surface area contributed by atoms with Gasteiger partial charge in [0.05, 0.1) is 12.8 Å². The van der Waals surface area contributed by atoms with Gasteiger partial charge in [0.1, 0.15) is 5.75 Å². The average Bonchev–Trinajstić information content (AvgIpc) is 2.58. The Morgan fingerprint density at radius 1 is 1.40 bits per heavy atom. The zero-order valence-electron chi connectivity index (χ0n) is 8.45. The summed E-state index contributed by atoms with van der Waals surface area (Å²) in [6.45, 7) is 1.91. The quantitative estimate of drug-likeness (QED) is 0.837. The van der Waals surface area contributed by atoms with Crippen molar-refractivity contribution in [3.8, 4) is 17.1 Å². The summed E-state index contributed by atoms with van der Waals surface area (Å²) in [6, 6.07) is 7.69. The van der Waals surface area contributed by atoms with Crippen LogP contribution in [0.5, 0.6) is 5.75 Å². The van der Waals surface area contributed by atoms with Gasteiger partial charge >= 0.3 is 0 Å². The van der Waals surface area contributed by atoms with E-state index in [1.165, 1.54) is 0 Å². The molecule has 0 atom stereocenters. The van der Waals surface area contributed by atoms with Crippen molar-refractivity contribution >= 4 is 15.9 Å². The highest BCUT2D eigenvalue weighted by Gasteiger charge is 2.10. The summed E-state index contributed by atoms with van der Waals surface area (Å²) in [5.74, 6) is 1.57. The first-order valence-corrected chi connectivity index (χ1v) is 5.27. The molecule has 0 spiro atoms. The highest BCUT2D eigenvalue weighted by Crippen LogP contribution is 2.28. The Bertz CT molecular complexity index is 479. The first-order valence-electron chi connectivity index (χ1n) is 4.48. The highest BCUT2D eigenvalue weighted by atomic mass is 79.9. The van der Waals surface area contributed by atoms with E-state index in [1.54, 1.807) is 7.11 Å². The Morgan fingerprint density at radius 3 is 2.80 bits per heavy atom. The molecular formula is C11H10BrNO2. The lowest BCUT2D eigenvalue weighted by Gasteiger charge is -2.01. The van der Waals surface area contributed by atoms with Crippen molar-refractivity contribution in [2.45, 2.75) is 6.92 Å². The molecule has 0 aliphatic carbocycles. The summed E-state index contributed by atoms with van der Waals surface area (Å²) in [5.41, 5.74) is 1.82. The van der Waals surface area contributed by atoms with Gasteiger partial charge in [0.25, 0.3) is 4.80 Å². The molecule has 2 rings (SSSR count). The van der Waals surface area contributed by atoms with Crippen LogP contribution in [0.1, 0.15) is 5.69 Å². The molecule has 0 N–H and O–H groups in total. The zero-order chi connectivity index (χ0) is 10.8. The van der Waals surface area contributed by atoms with Gasteiger partial charge in [-0.3, -0.25) is 0 Å². The zero-order valence-corrected chi connectivity index (χ0v) is 10.0. The SMILES string of the molecule is COc1cccc(-c2oc(Br)nc2C)c1. The summed E-state index contributed by atoms with van der Waals surface area (Å²) < 4.78 is 10.6. The Labute approximate surface area is 96.2 Å². The molecule has 2 aromatic rings. The molecule has 0 aliphatic heterocycles. The summed E-state index contributed by atoms with van der Waals surface area (Å²) in [4.78, 5) is 4.65. The van der Waals surface area contributed by atoms with Gasteiger partial charge in [-0.2, -0.15) is 0 Å². The van der Waals surface area contributed by atoms with Crippen LogP contribution in [0.4, 0.5) is 0 Å². The topological polar surface area (TPSA) is 35.3 Å². The molecule has 0 saturated carbocycles. The monoisotopic (exact) mass is 267 g/mol. The smallest absolute Gasteiger partial charge is 0.264 e. The van der Waals surface area contributed by atoms with Crippen LogP contribution in [0.2, 0.25) is 0 Å². The minimum Gasteiger partial charge on any atom is -0.497 e. The van der Waals surface area contributed by atoms with E-state index in [-0.39, 0.29) is 0 Å². The molecule has 0 radical (unpaired) electrons. The van der Waals surface area contributed by atoms with Crippen molar-refractivity contribution in [3.63, 3.8) is 0 Å². The Morgan fingerprint density at radius 2 is 2.20 bits per heavy atom. The van der Waals surface area contributed by atoms with Crippen molar-refractivity contribution in [2.75, 3.05) is 7.11 Å². The minimum atomic E-state index is 0.498. The van der Waals surface area contributed by atoms with E-state index >= 15 is 0 Å². The molecule has 1 aromatic carbocycles. The number of hydrogen-bond donors (Lipinski definition) is 0. The van der Waals surface area contributed by atoms with Gasteiger partial charge < -0.3 is 9.15 Å². The van der Waals surface area contributed by atoms with Gasteiger partial charge in [0, 0.05) is 21.5 Å². The number of rotatable bonds is 2. The molecule has 0 unspecified atom stereocenters. The maximum absolute atomic E-state index is 5.45. The lowest BCUT2D eigenvalue weighted by Crippen LogP contribution is -1.84. The summed E-state index contributed by atoms with van der Waals surface area (Å²) in [7, 11) is 1.64. The number of halogens is 1. The standard InChI is InChI=1S/C11H10BrNO2/c1-7-10(15-11(12)13-7)8-4-3-5-9(6-8)14-2/h3-6H,1-2H3. The van der Waals surface area contributed by atoms with E-state index in [2.05, 4.69) is 20.9 Å². The van der Waals surface area contributed by atoms with Crippen LogP contribution >= 0.6 is 15.9 Å². The highest BCUT2D eigenvalue weighted by molar-refractivity contribution is 9.10. The van der Waals surface area contributed by atoms with Crippen molar-refractivity contribution in [2.24, 2.45) is 0 Å². The van der Waals surface area contributed by atoms with Crippen molar-refractivity contribution in [1.29, 1.82) is 0 Å². The van der Waals surface area contributed by atoms with E-state index < -0.39 is 0 Å². The van der Waals surface area contributed by atoms with E-state index in [4.69, 9.17) is 9.15 Å². The van der Waals surface area contributed by atoms with Gasteiger partial charge in [-0.25, -0.2) is 4.98 Å². The van der Waals surface area contributed by atoms with Gasteiger partial charge in [-0.1, -0.05) is 12.1 Å². The fourth-order valence-corrected chi connectivity index (χ4v) is 1.82. The van der Waals surface area contributed by atoms with E-state index in [9.17, 15) is 0 Å². The molecule has 15 heavy (non-hydrogen) atoms. The first-order chi connectivity index (χ1) is 7.20. The number of ether oxygens (including phenoxy) is 1. The maximum atomic E-state index is 5.45. The number of oxazole rings is 1. The van der Waals surface area contributed by atoms with Crippen LogP contribution in [-0.4, -0.2) is 12.1 Å². The lowest BCUT2D eigenvalue weighted by molar-refractivity contribution is 0.414. The summed E-state index contributed by atoms with van der Waals surface area (Å²) in [6.07, 6.45) is 0. The van der Waals surface area contributed by atoms with Crippen LogP contribution in [-0.2, 0) is 0 Å². The summed E-state index contributed by atoms with van der Waals surface area (Å²) >= 11 is 3.21. The molecule has 1 heterocycles. The van der Waals surface area contributed by atoms with Crippen molar-refractivity contribution in [3.05, 3.63) is 34.8 Å². The largest absolute Gasteiger partial charge is 0.497 e. The third-order valence-corrected chi connectivity index (χ3v) is 2.44. The Kier molecular flexibility index (Phi) is 2.77. The Hall–Kier alpha value is -1.29. The molecule has 3 nitrogen and oxygen atoms in total. The van der Waals surface area contributed by atoms with Crippen LogP contribution in [0.15, 0.2) is 33.5 Å². The minimum absolute atomic E-state index is 0.498. The molecule has 0 bridgehead atoms.